The summed E-state index contributed by atoms with van der Waals surface area (Å²) in [4.78, 5) is 14.7. The number of carbonyl (C=O) groups is 1. The molecule has 6 heteroatoms. The summed E-state index contributed by atoms with van der Waals surface area (Å²) in [5.41, 5.74) is 2.80. The summed E-state index contributed by atoms with van der Waals surface area (Å²) in [6, 6.07) is 10.1. The van der Waals surface area contributed by atoms with E-state index in [1.165, 1.54) is 12.1 Å². The maximum absolute atomic E-state index is 13.9. The maximum atomic E-state index is 13.9. The first-order valence-electron chi connectivity index (χ1n) is 8.74. The Morgan fingerprint density at radius 3 is 2.96 bits per heavy atom. The highest BCUT2D eigenvalue weighted by atomic mass is 19.1. The number of nitrogens with zero attached hydrogens (tertiary/aromatic N) is 1. The molecule has 0 radical (unpaired) electrons. The molecule has 5 nitrogen and oxygen atoms in total. The number of carbonyl (C=O) groups excluding carboxylic acids is 1. The SMILES string of the molecule is CN(C)CCOc1cccc(NC(=O)c2cc(F)cc3c2CCNC3)c1. The van der Waals surface area contributed by atoms with Crippen molar-refractivity contribution in [1.82, 2.24) is 10.2 Å². The number of fused-ring (bicyclic) bond motifs is 1. The fraction of sp³-hybridized carbons (Fsp3) is 0.350. The monoisotopic (exact) mass is 357 g/mol. The van der Waals surface area contributed by atoms with Gasteiger partial charge in [0.2, 0.25) is 0 Å². The zero-order valence-corrected chi connectivity index (χ0v) is 15.1. The summed E-state index contributed by atoms with van der Waals surface area (Å²) in [6.45, 7) is 2.74. The summed E-state index contributed by atoms with van der Waals surface area (Å²) in [5.74, 6) is 0.00146. The van der Waals surface area contributed by atoms with Gasteiger partial charge in [-0.25, -0.2) is 4.39 Å². The fourth-order valence-corrected chi connectivity index (χ4v) is 2.99. The van der Waals surface area contributed by atoms with E-state index in [-0.39, 0.29) is 5.91 Å². The van der Waals surface area contributed by atoms with E-state index in [1.54, 1.807) is 12.1 Å². The third-order valence-electron chi connectivity index (χ3n) is 4.32. The van der Waals surface area contributed by atoms with Crippen LogP contribution >= 0.6 is 0 Å². The average Bonchev–Trinajstić information content (AvgIpc) is 2.61. The van der Waals surface area contributed by atoms with Crippen LogP contribution < -0.4 is 15.4 Å². The first-order valence-corrected chi connectivity index (χ1v) is 8.74. The number of hydrogen-bond donors (Lipinski definition) is 2. The first kappa shape index (κ1) is 18.4. The lowest BCUT2D eigenvalue weighted by Gasteiger charge is -2.20. The minimum absolute atomic E-state index is 0.298. The van der Waals surface area contributed by atoms with Crippen LogP contribution in [0, 0.1) is 5.82 Å². The number of anilines is 1. The highest BCUT2D eigenvalue weighted by Crippen LogP contribution is 2.23. The molecule has 0 fully saturated rings. The van der Waals surface area contributed by atoms with E-state index < -0.39 is 5.82 Å². The third kappa shape index (κ3) is 4.59. The van der Waals surface area contributed by atoms with Crippen molar-refractivity contribution in [3.8, 4) is 5.75 Å². The molecular formula is C20H24FN3O2. The first-order chi connectivity index (χ1) is 12.5. The van der Waals surface area contributed by atoms with Gasteiger partial charge in [0.05, 0.1) is 0 Å². The van der Waals surface area contributed by atoms with Gasteiger partial charge >= 0.3 is 0 Å². The number of halogens is 1. The van der Waals surface area contributed by atoms with Crippen LogP contribution in [0.15, 0.2) is 36.4 Å². The molecule has 2 N–H and O–H groups in total. The topological polar surface area (TPSA) is 53.6 Å². The number of nitrogens with one attached hydrogen (secondary N) is 2. The van der Waals surface area contributed by atoms with Crippen LogP contribution in [0.5, 0.6) is 5.75 Å². The minimum Gasteiger partial charge on any atom is -0.492 e. The zero-order valence-electron chi connectivity index (χ0n) is 15.1. The minimum atomic E-state index is -0.390. The van der Waals surface area contributed by atoms with Crippen molar-refractivity contribution < 1.29 is 13.9 Å². The third-order valence-corrected chi connectivity index (χ3v) is 4.32. The van der Waals surface area contributed by atoms with Gasteiger partial charge in [0.15, 0.2) is 0 Å². The van der Waals surface area contributed by atoms with E-state index in [2.05, 4.69) is 10.6 Å². The van der Waals surface area contributed by atoms with Crippen molar-refractivity contribution in [3.05, 3.63) is 58.9 Å². The van der Waals surface area contributed by atoms with E-state index in [0.717, 1.165) is 24.2 Å². The van der Waals surface area contributed by atoms with Gasteiger partial charge in [0, 0.05) is 30.4 Å². The maximum Gasteiger partial charge on any atom is 0.256 e. The molecule has 2 aromatic carbocycles. The number of ether oxygens (including phenoxy) is 1. The highest BCUT2D eigenvalue weighted by Gasteiger charge is 2.19. The Bertz CT molecular complexity index is 793. The predicted molar refractivity (Wildman–Crippen MR) is 100 cm³/mol. The Hall–Kier alpha value is -2.44. The van der Waals surface area contributed by atoms with Crippen molar-refractivity contribution in [2.24, 2.45) is 0 Å². The highest BCUT2D eigenvalue weighted by molar-refractivity contribution is 6.05. The summed E-state index contributed by atoms with van der Waals surface area (Å²) < 4.78 is 19.6. The Balaban J connectivity index is 1.73. The van der Waals surface area contributed by atoms with Gasteiger partial charge in [-0.3, -0.25) is 4.79 Å². The van der Waals surface area contributed by atoms with Crippen LogP contribution in [0.2, 0.25) is 0 Å². The van der Waals surface area contributed by atoms with Crippen LogP contribution in [0.1, 0.15) is 21.5 Å². The van der Waals surface area contributed by atoms with E-state index in [0.29, 0.717) is 36.6 Å². The number of amides is 1. The van der Waals surface area contributed by atoms with Crippen LogP contribution in [-0.4, -0.2) is 44.6 Å². The van der Waals surface area contributed by atoms with Crippen molar-refractivity contribution in [3.63, 3.8) is 0 Å². The largest absolute Gasteiger partial charge is 0.492 e. The number of likely N-dealkylation sites (N-methyl/N-ethyl adjacent to an activating group) is 1. The molecule has 1 heterocycles. The Kier molecular flexibility index (Phi) is 5.85. The standard InChI is InChI=1S/C20H24FN3O2/c1-24(2)8-9-26-17-5-3-4-16(12-17)23-20(25)19-11-15(21)10-14-13-22-7-6-18(14)19/h3-5,10-12,22H,6-9,13H2,1-2H3,(H,23,25). The number of rotatable bonds is 6. The molecule has 0 aliphatic carbocycles. The van der Waals surface area contributed by atoms with Crippen molar-refractivity contribution in [1.29, 1.82) is 0 Å². The van der Waals surface area contributed by atoms with Gasteiger partial charge in [-0.1, -0.05) is 6.07 Å². The molecule has 0 unspecified atom stereocenters. The van der Waals surface area contributed by atoms with Crippen LogP contribution in [0.3, 0.4) is 0 Å². The average molecular weight is 357 g/mol. The summed E-state index contributed by atoms with van der Waals surface area (Å²) in [6.07, 6.45) is 0.714. The lowest BCUT2D eigenvalue weighted by Crippen LogP contribution is -2.27. The van der Waals surface area contributed by atoms with E-state index in [9.17, 15) is 9.18 Å². The van der Waals surface area contributed by atoms with E-state index in [1.807, 2.05) is 31.1 Å². The normalized spacial score (nSPS) is 13.4. The Morgan fingerprint density at radius 1 is 1.31 bits per heavy atom. The summed E-state index contributed by atoms with van der Waals surface area (Å²) in [7, 11) is 3.96. The van der Waals surface area contributed by atoms with Gasteiger partial charge in [0.25, 0.3) is 5.91 Å². The van der Waals surface area contributed by atoms with E-state index in [4.69, 9.17) is 4.74 Å². The molecule has 1 aliphatic heterocycles. The summed E-state index contributed by atoms with van der Waals surface area (Å²) in [5, 5.41) is 6.06. The molecule has 26 heavy (non-hydrogen) atoms. The number of benzene rings is 2. The van der Waals surface area contributed by atoms with Gasteiger partial charge in [-0.15, -0.1) is 0 Å². The Morgan fingerprint density at radius 2 is 2.15 bits per heavy atom. The Labute approximate surface area is 153 Å². The van der Waals surface area contributed by atoms with Gasteiger partial charge in [0.1, 0.15) is 18.2 Å². The molecular weight excluding hydrogens is 333 g/mol. The quantitative estimate of drug-likeness (QED) is 0.835. The predicted octanol–water partition coefficient (Wildman–Crippen LogP) is 2.66. The van der Waals surface area contributed by atoms with Crippen LogP contribution in [0.25, 0.3) is 0 Å². The second-order valence-electron chi connectivity index (χ2n) is 6.65. The smallest absolute Gasteiger partial charge is 0.256 e. The zero-order chi connectivity index (χ0) is 18.5. The molecule has 0 atom stereocenters. The fourth-order valence-electron chi connectivity index (χ4n) is 2.99. The molecule has 0 spiro atoms. The molecule has 2 aromatic rings. The van der Waals surface area contributed by atoms with Gasteiger partial charge < -0.3 is 20.3 Å². The molecule has 0 aromatic heterocycles. The van der Waals surface area contributed by atoms with E-state index >= 15 is 0 Å². The lowest BCUT2D eigenvalue weighted by atomic mass is 9.94. The molecule has 1 aliphatic rings. The molecule has 1 amide bonds. The van der Waals surface area contributed by atoms with Crippen molar-refractivity contribution in [2.75, 3.05) is 39.1 Å². The molecule has 0 saturated heterocycles. The number of hydrogen-bond acceptors (Lipinski definition) is 4. The summed E-state index contributed by atoms with van der Waals surface area (Å²) >= 11 is 0. The van der Waals surface area contributed by atoms with Gasteiger partial charge in [-0.2, -0.15) is 0 Å². The second-order valence-corrected chi connectivity index (χ2v) is 6.65. The van der Waals surface area contributed by atoms with Gasteiger partial charge in [-0.05, 0) is 62.5 Å². The van der Waals surface area contributed by atoms with Crippen molar-refractivity contribution >= 4 is 11.6 Å². The van der Waals surface area contributed by atoms with Crippen LogP contribution in [-0.2, 0) is 13.0 Å². The van der Waals surface area contributed by atoms with Crippen molar-refractivity contribution in [2.45, 2.75) is 13.0 Å². The lowest BCUT2D eigenvalue weighted by molar-refractivity contribution is 0.102. The molecule has 3 rings (SSSR count). The second kappa shape index (κ2) is 8.29. The molecule has 0 bridgehead atoms. The molecule has 138 valence electrons. The molecule has 0 saturated carbocycles. The van der Waals surface area contributed by atoms with Crippen LogP contribution in [0.4, 0.5) is 10.1 Å².